The van der Waals surface area contributed by atoms with E-state index >= 15 is 0 Å². The number of hydrogen-bond acceptors (Lipinski definition) is 4. The van der Waals surface area contributed by atoms with E-state index in [2.05, 4.69) is 77.2 Å². The van der Waals surface area contributed by atoms with Gasteiger partial charge in [-0.1, -0.05) is 141 Å². The molecule has 0 amide bonds. The Morgan fingerprint density at radius 1 is 0.682 bits per heavy atom. The van der Waals surface area contributed by atoms with Crippen LogP contribution in [0, 0.1) is 10.8 Å². The molecule has 0 bridgehead atoms. The minimum Gasteiger partial charge on any atom is -0.390 e. The maximum absolute atomic E-state index is 12.2. The predicted molar refractivity (Wildman–Crippen MR) is 186 cm³/mol. The molecule has 4 nitrogen and oxygen atoms in total. The van der Waals surface area contributed by atoms with Gasteiger partial charge < -0.3 is 15.3 Å². The molecule has 0 saturated carbocycles. The number of ketones is 1. The number of Topliss-reactive ketones (excluding diaryl/α,β-unsaturated/α-hetero) is 1. The van der Waals surface area contributed by atoms with Gasteiger partial charge in [-0.25, -0.2) is 0 Å². The topological polar surface area (TPSA) is 77.8 Å². The molecule has 0 radical (unpaired) electrons. The predicted octanol–water partition coefficient (Wildman–Crippen LogP) is 8.70. The van der Waals surface area contributed by atoms with Crippen molar-refractivity contribution >= 4 is 5.78 Å². The Hall–Kier alpha value is -3.31. The maximum atomic E-state index is 12.2. The van der Waals surface area contributed by atoms with Gasteiger partial charge in [0.05, 0.1) is 12.2 Å². The highest BCUT2D eigenvalue weighted by molar-refractivity contribution is 6.00. The zero-order valence-corrected chi connectivity index (χ0v) is 28.5. The molecule has 44 heavy (non-hydrogen) atoms. The molecular formula is C40H54O4. The zero-order valence-electron chi connectivity index (χ0n) is 28.5. The quantitative estimate of drug-likeness (QED) is 0.220. The van der Waals surface area contributed by atoms with E-state index < -0.39 is 23.7 Å². The Labute approximate surface area is 266 Å². The lowest BCUT2D eigenvalue weighted by Gasteiger charge is -2.40. The van der Waals surface area contributed by atoms with Crippen molar-refractivity contribution in [2.45, 2.75) is 100 Å². The molecule has 0 unspecified atom stereocenters. The van der Waals surface area contributed by atoms with Gasteiger partial charge in [-0.3, -0.25) is 4.79 Å². The van der Waals surface area contributed by atoms with Crippen LogP contribution in [0.25, 0.3) is 0 Å². The first-order valence-electron chi connectivity index (χ1n) is 15.5. The first-order chi connectivity index (χ1) is 20.5. The molecule has 0 aliphatic heterocycles. The summed E-state index contributed by atoms with van der Waals surface area (Å²) in [4.78, 5) is 12.2. The molecular weight excluding hydrogens is 544 g/mol. The van der Waals surface area contributed by atoms with Crippen molar-refractivity contribution in [3.05, 3.63) is 130 Å². The molecule has 0 spiro atoms. The van der Waals surface area contributed by atoms with Crippen LogP contribution >= 0.6 is 0 Å². The molecule has 238 valence electrons. The standard InChI is InChI=1S/C40H54O4/c1-27(17-13-19-29(3)21-23-33-31(5)25-35(41)38(44)40(33,9)10)15-11-12-16-28(2)18-14-20-30(4)22-24-34-32(6)37(43)36(42)26-39(34,7)8/h11-24,35-36,38,41-42,44H,25-26H2,1-10H3/b12-11+,17-13+,18-14+,23-21+,24-22+,27-15+,28-16+,29-19+,30-20+/t35-,36+,38+/m1/s1. The van der Waals surface area contributed by atoms with Gasteiger partial charge in [0.1, 0.15) is 6.10 Å². The molecule has 4 heteroatoms. The lowest BCUT2D eigenvalue weighted by Crippen LogP contribution is -2.44. The van der Waals surface area contributed by atoms with Crippen molar-refractivity contribution in [3.63, 3.8) is 0 Å². The number of rotatable bonds is 10. The van der Waals surface area contributed by atoms with Crippen molar-refractivity contribution < 1.29 is 20.1 Å². The van der Waals surface area contributed by atoms with E-state index in [4.69, 9.17) is 0 Å². The second-order valence-corrected chi connectivity index (χ2v) is 13.6. The molecule has 2 rings (SSSR count). The second kappa shape index (κ2) is 16.1. The number of aliphatic hydroxyl groups is 3. The summed E-state index contributed by atoms with van der Waals surface area (Å²) in [7, 11) is 0. The fourth-order valence-electron chi connectivity index (χ4n) is 5.78. The summed E-state index contributed by atoms with van der Waals surface area (Å²) in [6.45, 7) is 20.1. The van der Waals surface area contributed by atoms with Gasteiger partial charge >= 0.3 is 0 Å². The number of aliphatic hydroxyl groups excluding tert-OH is 3. The van der Waals surface area contributed by atoms with Crippen LogP contribution in [0.15, 0.2) is 130 Å². The van der Waals surface area contributed by atoms with Crippen LogP contribution in [-0.4, -0.2) is 39.4 Å². The first-order valence-corrected chi connectivity index (χ1v) is 15.5. The van der Waals surface area contributed by atoms with E-state index in [0.29, 0.717) is 18.4 Å². The summed E-state index contributed by atoms with van der Waals surface area (Å²) in [6, 6.07) is 0. The number of hydrogen-bond donors (Lipinski definition) is 3. The van der Waals surface area contributed by atoms with Crippen LogP contribution in [0.5, 0.6) is 0 Å². The molecule has 0 saturated heterocycles. The fourth-order valence-corrected chi connectivity index (χ4v) is 5.78. The first kappa shape index (κ1) is 36.9. The van der Waals surface area contributed by atoms with Gasteiger partial charge in [-0.05, 0) is 76.5 Å². The van der Waals surface area contributed by atoms with Gasteiger partial charge in [0.2, 0.25) is 0 Å². The van der Waals surface area contributed by atoms with E-state index in [1.807, 2.05) is 70.2 Å². The Morgan fingerprint density at radius 2 is 1.11 bits per heavy atom. The van der Waals surface area contributed by atoms with Crippen LogP contribution in [0.1, 0.15) is 82.1 Å². The van der Waals surface area contributed by atoms with Gasteiger partial charge in [0, 0.05) is 5.41 Å². The minimum absolute atomic E-state index is 0.173. The third kappa shape index (κ3) is 10.4. The van der Waals surface area contributed by atoms with Gasteiger partial charge in [-0.15, -0.1) is 0 Å². The van der Waals surface area contributed by atoms with Crippen LogP contribution in [0.4, 0.5) is 0 Å². The van der Waals surface area contributed by atoms with E-state index in [0.717, 1.165) is 39.0 Å². The molecule has 0 heterocycles. The van der Waals surface area contributed by atoms with Crippen molar-refractivity contribution in [2.75, 3.05) is 0 Å². The number of carbonyl (C=O) groups excluding carboxylic acids is 1. The van der Waals surface area contributed by atoms with Gasteiger partial charge in [-0.2, -0.15) is 0 Å². The van der Waals surface area contributed by atoms with E-state index in [1.165, 1.54) is 0 Å². The van der Waals surface area contributed by atoms with E-state index in [9.17, 15) is 20.1 Å². The molecule has 0 aromatic heterocycles. The van der Waals surface area contributed by atoms with Crippen LogP contribution in [0.3, 0.4) is 0 Å². The Kier molecular flexibility index (Phi) is 13.5. The molecule has 0 fully saturated rings. The molecule has 0 aromatic rings. The van der Waals surface area contributed by atoms with Crippen LogP contribution < -0.4 is 0 Å². The smallest absolute Gasteiger partial charge is 0.187 e. The highest BCUT2D eigenvalue weighted by atomic mass is 16.3. The summed E-state index contributed by atoms with van der Waals surface area (Å²) in [6.07, 6.45) is 27.2. The number of allylic oxidation sites excluding steroid dienone is 19. The lowest BCUT2D eigenvalue weighted by molar-refractivity contribution is -0.125. The SMILES string of the molecule is CC1=C(/C=C/C(C)=C/C=C/C(C)=C/C=C/C=C(C)/C=C/C=C(C)/C=C/C2=C(C)C(=O)[C@@H](O)CC2(C)C)C(C)(C)[C@@H](O)[C@H](O)C1. The Balaban J connectivity index is 1.94. The summed E-state index contributed by atoms with van der Waals surface area (Å²) < 4.78 is 0. The van der Waals surface area contributed by atoms with E-state index in [1.54, 1.807) is 6.92 Å². The highest BCUT2D eigenvalue weighted by Crippen LogP contribution is 2.41. The average Bonchev–Trinajstić information content (AvgIpc) is 2.92. The van der Waals surface area contributed by atoms with E-state index in [-0.39, 0.29) is 11.2 Å². The second-order valence-electron chi connectivity index (χ2n) is 13.6. The van der Waals surface area contributed by atoms with Crippen molar-refractivity contribution in [1.29, 1.82) is 0 Å². The molecule has 2 aliphatic rings. The summed E-state index contributed by atoms with van der Waals surface area (Å²) in [5, 5.41) is 30.6. The molecule has 3 atom stereocenters. The number of carbonyl (C=O) groups is 1. The third-order valence-corrected chi connectivity index (χ3v) is 8.57. The monoisotopic (exact) mass is 598 g/mol. The van der Waals surface area contributed by atoms with Gasteiger partial charge in [0.15, 0.2) is 5.78 Å². The highest BCUT2D eigenvalue weighted by Gasteiger charge is 2.40. The summed E-state index contributed by atoms with van der Waals surface area (Å²) in [5.74, 6) is -0.173. The molecule has 0 aromatic carbocycles. The largest absolute Gasteiger partial charge is 0.390 e. The zero-order chi connectivity index (χ0) is 33.2. The third-order valence-electron chi connectivity index (χ3n) is 8.57. The molecule has 2 aliphatic carbocycles. The average molecular weight is 599 g/mol. The van der Waals surface area contributed by atoms with Crippen LogP contribution in [-0.2, 0) is 4.79 Å². The Bertz CT molecular complexity index is 1410. The minimum atomic E-state index is -0.905. The lowest BCUT2D eigenvalue weighted by atomic mass is 9.69. The van der Waals surface area contributed by atoms with Crippen molar-refractivity contribution in [1.82, 2.24) is 0 Å². The van der Waals surface area contributed by atoms with Crippen molar-refractivity contribution in [3.8, 4) is 0 Å². The fraction of sp³-hybridized carbons (Fsp3) is 0.425. The summed E-state index contributed by atoms with van der Waals surface area (Å²) >= 11 is 0. The van der Waals surface area contributed by atoms with Gasteiger partial charge in [0.25, 0.3) is 0 Å². The van der Waals surface area contributed by atoms with Crippen molar-refractivity contribution in [2.24, 2.45) is 10.8 Å². The Morgan fingerprint density at radius 3 is 1.61 bits per heavy atom. The normalized spacial score (nSPS) is 26.2. The van der Waals surface area contributed by atoms with Crippen LogP contribution in [0.2, 0.25) is 0 Å². The molecule has 3 N–H and O–H groups in total. The summed E-state index contributed by atoms with van der Waals surface area (Å²) in [5.41, 5.74) is 7.54. The maximum Gasteiger partial charge on any atom is 0.187 e.